The van der Waals surface area contributed by atoms with Crippen molar-refractivity contribution in [1.82, 2.24) is 5.32 Å². The number of hydrogen-bond donors (Lipinski definition) is 1. The van der Waals surface area contributed by atoms with Crippen molar-refractivity contribution in [2.75, 3.05) is 12.3 Å². The normalized spacial score (nSPS) is 24.7. The van der Waals surface area contributed by atoms with Gasteiger partial charge in [0.05, 0.1) is 11.0 Å². The van der Waals surface area contributed by atoms with Gasteiger partial charge in [-0.25, -0.2) is 8.42 Å². The molecule has 1 heterocycles. The van der Waals surface area contributed by atoms with Crippen LogP contribution in [0.15, 0.2) is 0 Å². The maximum Gasteiger partial charge on any atom is 0.154 e. The van der Waals surface area contributed by atoms with E-state index in [-0.39, 0.29) is 11.3 Å². The molecule has 0 radical (unpaired) electrons. The second-order valence-electron chi connectivity index (χ2n) is 4.53. The number of nitrogens with one attached hydrogen (secondary N) is 1. The van der Waals surface area contributed by atoms with Crippen LogP contribution >= 0.6 is 0 Å². The Morgan fingerprint density at radius 1 is 1.41 bits per heavy atom. The Kier molecular flexibility index (Phi) is 6.01. The highest BCUT2D eigenvalue weighted by Gasteiger charge is 2.34. The minimum atomic E-state index is -2.89. The van der Waals surface area contributed by atoms with E-state index in [1.165, 1.54) is 0 Å². The second kappa shape index (κ2) is 7.03. The first-order valence-electron chi connectivity index (χ1n) is 6.46. The monoisotopic (exact) mass is 257 g/mol. The zero-order chi connectivity index (χ0) is 12.7. The molecule has 4 heteroatoms. The Morgan fingerprint density at radius 2 is 2.18 bits per heavy atom. The predicted molar refractivity (Wildman–Crippen MR) is 71.6 cm³/mol. The average Bonchev–Trinajstić information content (AvgIpc) is 2.28. The fraction of sp³-hybridized carbons (Fsp3) is 0.846. The van der Waals surface area contributed by atoms with Crippen LogP contribution in [-0.2, 0) is 9.84 Å². The first-order chi connectivity index (χ1) is 8.11. The lowest BCUT2D eigenvalue weighted by Crippen LogP contribution is -2.46. The molecular weight excluding hydrogens is 234 g/mol. The van der Waals surface area contributed by atoms with Gasteiger partial charge in [-0.2, -0.15) is 0 Å². The van der Waals surface area contributed by atoms with Crippen LogP contribution in [0.3, 0.4) is 0 Å². The molecule has 1 N–H and O–H groups in total. The third-order valence-corrected chi connectivity index (χ3v) is 5.65. The van der Waals surface area contributed by atoms with Gasteiger partial charge < -0.3 is 5.32 Å². The molecule has 0 saturated carbocycles. The molecule has 0 aliphatic carbocycles. The first kappa shape index (κ1) is 14.5. The van der Waals surface area contributed by atoms with Crippen molar-refractivity contribution in [3.63, 3.8) is 0 Å². The van der Waals surface area contributed by atoms with Crippen LogP contribution in [0.5, 0.6) is 0 Å². The van der Waals surface area contributed by atoms with E-state index >= 15 is 0 Å². The molecule has 1 aliphatic heterocycles. The number of sulfone groups is 1. The fourth-order valence-electron chi connectivity index (χ4n) is 2.47. The van der Waals surface area contributed by atoms with E-state index in [1.807, 2.05) is 13.8 Å². The third kappa shape index (κ3) is 4.33. The lowest BCUT2D eigenvalue weighted by Gasteiger charge is -2.30. The van der Waals surface area contributed by atoms with Gasteiger partial charge in [0, 0.05) is 12.5 Å². The summed E-state index contributed by atoms with van der Waals surface area (Å²) >= 11 is 0. The Morgan fingerprint density at radius 3 is 2.76 bits per heavy atom. The molecule has 1 saturated heterocycles. The molecule has 2 unspecified atom stereocenters. The van der Waals surface area contributed by atoms with Crippen molar-refractivity contribution in [3.05, 3.63) is 0 Å². The summed E-state index contributed by atoms with van der Waals surface area (Å²) < 4.78 is 24.1. The summed E-state index contributed by atoms with van der Waals surface area (Å²) in [4.78, 5) is 0. The van der Waals surface area contributed by atoms with E-state index in [2.05, 4.69) is 17.2 Å². The highest BCUT2D eigenvalue weighted by molar-refractivity contribution is 7.92. The summed E-state index contributed by atoms with van der Waals surface area (Å²) in [5, 5.41) is 3.12. The van der Waals surface area contributed by atoms with E-state index in [9.17, 15) is 8.42 Å². The second-order valence-corrected chi connectivity index (χ2v) is 6.87. The van der Waals surface area contributed by atoms with Crippen molar-refractivity contribution < 1.29 is 8.42 Å². The lowest BCUT2D eigenvalue weighted by atomic mass is 10.0. The van der Waals surface area contributed by atoms with Crippen LogP contribution in [0.25, 0.3) is 0 Å². The van der Waals surface area contributed by atoms with Crippen molar-refractivity contribution in [3.8, 4) is 11.8 Å². The molecule has 17 heavy (non-hydrogen) atoms. The zero-order valence-corrected chi connectivity index (χ0v) is 11.6. The van der Waals surface area contributed by atoms with Crippen molar-refractivity contribution in [2.45, 2.75) is 57.2 Å². The van der Waals surface area contributed by atoms with E-state index < -0.39 is 9.84 Å². The summed E-state index contributed by atoms with van der Waals surface area (Å²) in [5.41, 5.74) is 0. The summed E-state index contributed by atoms with van der Waals surface area (Å²) in [6, 6.07) is 0.0751. The van der Waals surface area contributed by atoms with Gasteiger partial charge in [0.2, 0.25) is 0 Å². The number of rotatable bonds is 5. The number of hydrogen-bond acceptors (Lipinski definition) is 3. The molecule has 0 aromatic carbocycles. The molecule has 0 amide bonds. The molecule has 1 aliphatic rings. The minimum Gasteiger partial charge on any atom is -0.313 e. The average molecular weight is 257 g/mol. The summed E-state index contributed by atoms with van der Waals surface area (Å²) in [7, 11) is -2.89. The van der Waals surface area contributed by atoms with Gasteiger partial charge >= 0.3 is 0 Å². The molecule has 0 aromatic rings. The molecule has 1 fully saturated rings. The molecule has 0 aromatic heterocycles. The van der Waals surface area contributed by atoms with Crippen LogP contribution in [0.2, 0.25) is 0 Å². The van der Waals surface area contributed by atoms with E-state index in [4.69, 9.17) is 0 Å². The largest absolute Gasteiger partial charge is 0.313 e. The lowest BCUT2D eigenvalue weighted by molar-refractivity contribution is 0.427. The third-order valence-electron chi connectivity index (χ3n) is 3.30. The molecule has 1 rings (SSSR count). The Hall–Kier alpha value is -0.530. The maximum absolute atomic E-state index is 12.1. The minimum absolute atomic E-state index is 0.0751. The smallest absolute Gasteiger partial charge is 0.154 e. The molecule has 3 nitrogen and oxygen atoms in total. The highest BCUT2D eigenvalue weighted by atomic mass is 32.2. The van der Waals surface area contributed by atoms with Crippen LogP contribution < -0.4 is 5.32 Å². The van der Waals surface area contributed by atoms with Crippen molar-refractivity contribution in [2.24, 2.45) is 0 Å². The van der Waals surface area contributed by atoms with Crippen LogP contribution in [0.4, 0.5) is 0 Å². The highest BCUT2D eigenvalue weighted by Crippen LogP contribution is 2.24. The zero-order valence-electron chi connectivity index (χ0n) is 10.8. The predicted octanol–water partition coefficient (Wildman–Crippen LogP) is 1.74. The van der Waals surface area contributed by atoms with Gasteiger partial charge in [-0.1, -0.05) is 13.3 Å². The maximum atomic E-state index is 12.1. The summed E-state index contributed by atoms with van der Waals surface area (Å²) in [5.74, 6) is 6.24. The van der Waals surface area contributed by atoms with Crippen LogP contribution in [0.1, 0.15) is 46.0 Å². The fourth-order valence-corrected chi connectivity index (χ4v) is 4.63. The summed E-state index contributed by atoms with van der Waals surface area (Å²) in [6.07, 6.45) is 4.27. The van der Waals surface area contributed by atoms with Gasteiger partial charge in [0.1, 0.15) is 0 Å². The van der Waals surface area contributed by atoms with E-state index in [0.717, 1.165) is 38.6 Å². The Balaban J connectivity index is 2.69. The topological polar surface area (TPSA) is 46.2 Å². The van der Waals surface area contributed by atoms with Gasteiger partial charge in [-0.05, 0) is 32.7 Å². The SMILES string of the molecule is CC#CCCC(NCC)C1CCCCS1(=O)=O. The Bertz CT molecular complexity index is 378. The molecule has 0 bridgehead atoms. The van der Waals surface area contributed by atoms with Crippen LogP contribution in [0, 0.1) is 11.8 Å². The molecular formula is C13H23NO2S. The summed E-state index contributed by atoms with van der Waals surface area (Å²) in [6.45, 7) is 4.66. The van der Waals surface area contributed by atoms with E-state index in [1.54, 1.807) is 0 Å². The Labute approximate surface area is 105 Å². The van der Waals surface area contributed by atoms with Gasteiger partial charge in [-0.3, -0.25) is 0 Å². The first-order valence-corrected chi connectivity index (χ1v) is 8.18. The van der Waals surface area contributed by atoms with Crippen molar-refractivity contribution in [1.29, 1.82) is 0 Å². The van der Waals surface area contributed by atoms with Gasteiger partial charge in [0.25, 0.3) is 0 Å². The molecule has 98 valence electrons. The quantitative estimate of drug-likeness (QED) is 0.763. The standard InChI is InChI=1S/C13H23NO2S/c1-3-5-6-9-12(14-4-2)13-10-7-8-11-17(13,15)16/h12-14H,4,6-11H2,1-2H3. The van der Waals surface area contributed by atoms with Crippen molar-refractivity contribution >= 4 is 9.84 Å². The van der Waals surface area contributed by atoms with E-state index in [0.29, 0.717) is 5.75 Å². The van der Waals surface area contributed by atoms with Gasteiger partial charge in [-0.15, -0.1) is 11.8 Å². The van der Waals surface area contributed by atoms with Gasteiger partial charge in [0.15, 0.2) is 9.84 Å². The van der Waals surface area contributed by atoms with Crippen LogP contribution in [-0.4, -0.2) is 32.0 Å². The molecule has 0 spiro atoms. The molecule has 2 atom stereocenters.